The van der Waals surface area contributed by atoms with Crippen molar-refractivity contribution in [2.24, 2.45) is 0 Å². The van der Waals surface area contributed by atoms with Crippen molar-refractivity contribution >= 4 is 30.0 Å². The predicted octanol–water partition coefficient (Wildman–Crippen LogP) is 1.22. The third-order valence-electron chi connectivity index (χ3n) is 4.90. The van der Waals surface area contributed by atoms with E-state index in [0.29, 0.717) is 0 Å². The Labute approximate surface area is 140 Å². The van der Waals surface area contributed by atoms with Crippen LogP contribution in [0.5, 0.6) is 0 Å². The average Bonchev–Trinajstić information content (AvgIpc) is 2.85. The highest BCUT2D eigenvalue weighted by Crippen LogP contribution is 2.36. The minimum Gasteiger partial charge on any atom is -0.399 e. The minimum atomic E-state index is -0.433. The zero-order valence-corrected chi connectivity index (χ0v) is 14.7. The predicted molar refractivity (Wildman–Crippen MR) is 91.1 cm³/mol. The van der Waals surface area contributed by atoms with Gasteiger partial charge in [0.25, 0.3) is 0 Å². The van der Waals surface area contributed by atoms with Crippen LogP contribution in [0.3, 0.4) is 0 Å². The number of rotatable bonds is 1. The molecular formula is C15H21BN4O2S. The first kappa shape index (κ1) is 15.4. The molecule has 0 unspecified atom stereocenters. The second-order valence-electron chi connectivity index (χ2n) is 7.05. The standard InChI is InChI=1S/C15H21BN4O2S/c1-14(2)15(3,4)22-16(21-14)11-8-18-20-9-10-7-17-5-6-23-13(10)19-12(11)20/h8-9,17H,5-7H2,1-4H3. The van der Waals surface area contributed by atoms with E-state index in [-0.39, 0.29) is 11.2 Å². The molecule has 2 aromatic rings. The third kappa shape index (κ3) is 2.48. The molecule has 1 N–H and O–H groups in total. The number of thioether (sulfide) groups is 1. The van der Waals surface area contributed by atoms with E-state index in [2.05, 4.69) is 44.3 Å². The number of fused-ring (bicyclic) bond motifs is 2. The largest absolute Gasteiger partial charge is 0.500 e. The van der Waals surface area contributed by atoms with Crippen molar-refractivity contribution in [1.82, 2.24) is 19.9 Å². The Morgan fingerprint density at radius 1 is 1.26 bits per heavy atom. The van der Waals surface area contributed by atoms with Crippen molar-refractivity contribution in [2.45, 2.75) is 50.5 Å². The first-order chi connectivity index (χ1) is 10.9. The summed E-state index contributed by atoms with van der Waals surface area (Å²) in [5.74, 6) is 1.02. The number of nitrogens with zero attached hydrogens (tertiary/aromatic N) is 3. The zero-order valence-electron chi connectivity index (χ0n) is 13.9. The maximum atomic E-state index is 6.15. The zero-order chi connectivity index (χ0) is 16.2. The average molecular weight is 332 g/mol. The van der Waals surface area contributed by atoms with Crippen molar-refractivity contribution in [3.63, 3.8) is 0 Å². The lowest BCUT2D eigenvalue weighted by atomic mass is 9.81. The van der Waals surface area contributed by atoms with Gasteiger partial charge in [0.05, 0.1) is 17.4 Å². The monoisotopic (exact) mass is 332 g/mol. The SMILES string of the molecule is CC1(C)OB(c2cnn3cc4c(nc23)SCCNC4)OC1(C)C. The molecule has 8 heteroatoms. The maximum absolute atomic E-state index is 6.15. The molecule has 2 aliphatic rings. The van der Waals surface area contributed by atoms with Gasteiger partial charge in [-0.25, -0.2) is 9.50 Å². The molecule has 0 radical (unpaired) electrons. The summed E-state index contributed by atoms with van der Waals surface area (Å²) in [4.78, 5) is 4.84. The molecule has 0 saturated carbocycles. The second-order valence-corrected chi connectivity index (χ2v) is 8.14. The quantitative estimate of drug-likeness (QED) is 0.626. The molecule has 1 saturated heterocycles. The van der Waals surface area contributed by atoms with Crippen LogP contribution in [0.1, 0.15) is 33.3 Å². The highest BCUT2D eigenvalue weighted by molar-refractivity contribution is 7.99. The Bertz CT molecular complexity index is 745. The van der Waals surface area contributed by atoms with Gasteiger partial charge in [0.1, 0.15) is 5.03 Å². The Morgan fingerprint density at radius 3 is 2.74 bits per heavy atom. The fourth-order valence-corrected chi connectivity index (χ4v) is 3.68. The fraction of sp³-hybridized carbons (Fsp3) is 0.600. The molecule has 0 aliphatic carbocycles. The van der Waals surface area contributed by atoms with Crippen LogP contribution in [-0.2, 0) is 15.9 Å². The van der Waals surface area contributed by atoms with Crippen LogP contribution in [-0.4, -0.2) is 45.2 Å². The molecule has 4 rings (SSSR count). The van der Waals surface area contributed by atoms with E-state index in [9.17, 15) is 0 Å². The van der Waals surface area contributed by atoms with Gasteiger partial charge in [-0.2, -0.15) is 5.10 Å². The molecule has 0 aromatic carbocycles. The van der Waals surface area contributed by atoms with Crippen molar-refractivity contribution in [3.05, 3.63) is 18.0 Å². The van der Waals surface area contributed by atoms with Crippen molar-refractivity contribution in [2.75, 3.05) is 12.3 Å². The summed E-state index contributed by atoms with van der Waals surface area (Å²) >= 11 is 1.78. The molecule has 1 fully saturated rings. The number of aromatic nitrogens is 3. The topological polar surface area (TPSA) is 60.7 Å². The van der Waals surface area contributed by atoms with Crippen LogP contribution in [0.4, 0.5) is 0 Å². The van der Waals surface area contributed by atoms with Crippen LogP contribution in [0.15, 0.2) is 17.4 Å². The van der Waals surface area contributed by atoms with Crippen LogP contribution < -0.4 is 10.8 Å². The fourth-order valence-electron chi connectivity index (χ4n) is 2.78. The summed E-state index contributed by atoms with van der Waals surface area (Å²) in [6.45, 7) is 10.0. The first-order valence-corrected chi connectivity index (χ1v) is 8.92. The van der Waals surface area contributed by atoms with E-state index < -0.39 is 7.12 Å². The van der Waals surface area contributed by atoms with Gasteiger partial charge >= 0.3 is 7.12 Å². The van der Waals surface area contributed by atoms with Crippen LogP contribution in [0, 0.1) is 0 Å². The number of nitrogens with one attached hydrogen (secondary N) is 1. The molecule has 2 aliphatic heterocycles. The number of hydrogen-bond acceptors (Lipinski definition) is 6. The number of hydrogen-bond donors (Lipinski definition) is 1. The first-order valence-electron chi connectivity index (χ1n) is 7.94. The Morgan fingerprint density at radius 2 is 2.00 bits per heavy atom. The van der Waals surface area contributed by atoms with Gasteiger partial charge in [0.15, 0.2) is 5.65 Å². The molecule has 6 nitrogen and oxygen atoms in total. The highest BCUT2D eigenvalue weighted by atomic mass is 32.2. The van der Waals surface area contributed by atoms with Gasteiger partial charge in [-0.05, 0) is 27.7 Å². The van der Waals surface area contributed by atoms with Crippen molar-refractivity contribution in [1.29, 1.82) is 0 Å². The van der Waals surface area contributed by atoms with Crippen LogP contribution in [0.2, 0.25) is 0 Å². The summed E-state index contributed by atoms with van der Waals surface area (Å²) in [7, 11) is -0.433. The molecule has 0 bridgehead atoms. The Hall–Kier alpha value is -1.09. The third-order valence-corrected chi connectivity index (χ3v) is 5.93. The summed E-state index contributed by atoms with van der Waals surface area (Å²) in [5.41, 5.74) is 2.16. The second kappa shape index (κ2) is 5.21. The lowest BCUT2D eigenvalue weighted by molar-refractivity contribution is 0.00578. The van der Waals surface area contributed by atoms with E-state index in [0.717, 1.165) is 35.0 Å². The molecule has 0 spiro atoms. The van der Waals surface area contributed by atoms with E-state index >= 15 is 0 Å². The minimum absolute atomic E-state index is 0.365. The van der Waals surface area contributed by atoms with Crippen molar-refractivity contribution in [3.8, 4) is 0 Å². The van der Waals surface area contributed by atoms with Gasteiger partial charge in [0.2, 0.25) is 0 Å². The van der Waals surface area contributed by atoms with Gasteiger partial charge in [-0.15, -0.1) is 11.8 Å². The maximum Gasteiger partial charge on any atom is 0.500 e. The van der Waals surface area contributed by atoms with Crippen molar-refractivity contribution < 1.29 is 9.31 Å². The molecule has 122 valence electrons. The molecule has 0 amide bonds. The molecule has 0 atom stereocenters. The smallest absolute Gasteiger partial charge is 0.399 e. The summed E-state index contributed by atoms with van der Waals surface area (Å²) in [6, 6.07) is 0. The molecule has 23 heavy (non-hydrogen) atoms. The lowest BCUT2D eigenvalue weighted by Gasteiger charge is -2.32. The van der Waals surface area contributed by atoms with E-state index in [1.165, 1.54) is 5.56 Å². The summed E-state index contributed by atoms with van der Waals surface area (Å²) in [5, 5.41) is 8.93. The molecule has 4 heterocycles. The van der Waals surface area contributed by atoms with Crippen LogP contribution >= 0.6 is 11.8 Å². The highest BCUT2D eigenvalue weighted by Gasteiger charge is 2.52. The summed E-state index contributed by atoms with van der Waals surface area (Å²) in [6.07, 6.45) is 3.86. The Balaban J connectivity index is 1.76. The van der Waals surface area contributed by atoms with Gasteiger partial charge in [0, 0.05) is 36.1 Å². The molecular weight excluding hydrogens is 311 g/mol. The molecule has 2 aromatic heterocycles. The van der Waals surface area contributed by atoms with Gasteiger partial charge < -0.3 is 14.6 Å². The van der Waals surface area contributed by atoms with Crippen LogP contribution in [0.25, 0.3) is 5.65 Å². The van der Waals surface area contributed by atoms with E-state index in [1.54, 1.807) is 11.8 Å². The Kier molecular flexibility index (Phi) is 3.50. The van der Waals surface area contributed by atoms with E-state index in [4.69, 9.17) is 14.3 Å². The van der Waals surface area contributed by atoms with E-state index in [1.807, 2.05) is 10.7 Å². The normalized spacial score (nSPS) is 23.0. The summed E-state index contributed by atoms with van der Waals surface area (Å²) < 4.78 is 14.1. The lowest BCUT2D eigenvalue weighted by Crippen LogP contribution is -2.41. The van der Waals surface area contributed by atoms with Gasteiger partial charge in [-0.3, -0.25) is 0 Å². The van der Waals surface area contributed by atoms with Gasteiger partial charge in [-0.1, -0.05) is 0 Å².